The van der Waals surface area contributed by atoms with Crippen LogP contribution in [0.5, 0.6) is 0 Å². The zero-order valence-corrected chi connectivity index (χ0v) is 8.16. The fraction of sp³-hybridized carbons (Fsp3) is 0.500. The third-order valence-corrected chi connectivity index (χ3v) is 3.59. The summed E-state index contributed by atoms with van der Waals surface area (Å²) < 4.78 is 0. The zero-order valence-electron chi connectivity index (χ0n) is 8.16. The van der Waals surface area contributed by atoms with Crippen LogP contribution >= 0.6 is 0 Å². The van der Waals surface area contributed by atoms with E-state index in [1.807, 2.05) is 0 Å². The van der Waals surface area contributed by atoms with Crippen molar-refractivity contribution >= 4 is 17.9 Å². The van der Waals surface area contributed by atoms with E-state index in [2.05, 4.69) is 0 Å². The molecule has 2 aliphatic rings. The molecule has 3 unspecified atom stereocenters. The van der Waals surface area contributed by atoms with Crippen molar-refractivity contribution in [3.8, 4) is 0 Å². The number of rotatable bonds is 3. The van der Waals surface area contributed by atoms with E-state index in [0.29, 0.717) is 0 Å². The minimum atomic E-state index is -2.20. The molecule has 0 saturated heterocycles. The summed E-state index contributed by atoms with van der Waals surface area (Å²) in [6.45, 7) is 0. The lowest BCUT2D eigenvalue weighted by Crippen LogP contribution is -2.51. The van der Waals surface area contributed by atoms with Gasteiger partial charge in [-0.05, 0) is 12.3 Å². The lowest BCUT2D eigenvalue weighted by Gasteiger charge is -2.31. The van der Waals surface area contributed by atoms with Crippen LogP contribution in [0.1, 0.15) is 6.42 Å². The Labute approximate surface area is 90.2 Å². The first kappa shape index (κ1) is 10.7. The quantitative estimate of drug-likeness (QED) is 0.463. The Kier molecular flexibility index (Phi) is 2.04. The second-order valence-corrected chi connectivity index (χ2v) is 4.19. The second kappa shape index (κ2) is 3.07. The van der Waals surface area contributed by atoms with Crippen LogP contribution in [0.3, 0.4) is 0 Å². The van der Waals surface area contributed by atoms with Gasteiger partial charge in [0.2, 0.25) is 0 Å². The minimum absolute atomic E-state index is 0.287. The third-order valence-electron chi connectivity index (χ3n) is 3.59. The van der Waals surface area contributed by atoms with Gasteiger partial charge in [0, 0.05) is 5.92 Å². The Bertz CT molecular complexity index is 396. The SMILES string of the molecule is O=C(O)C1C2C=CC(C2)C1(C(=O)O)C(=O)O. The molecule has 0 spiro atoms. The Morgan fingerprint density at radius 3 is 2.00 bits per heavy atom. The molecule has 86 valence electrons. The number of hydrogen-bond donors (Lipinski definition) is 3. The number of fused-ring (bicyclic) bond motifs is 2. The fourth-order valence-corrected chi connectivity index (χ4v) is 2.93. The first-order valence-electron chi connectivity index (χ1n) is 4.80. The maximum atomic E-state index is 11.2. The molecule has 0 aromatic carbocycles. The summed E-state index contributed by atoms with van der Waals surface area (Å²) in [5.74, 6) is -7.09. The molecule has 0 amide bonds. The van der Waals surface area contributed by atoms with Crippen LogP contribution in [0.2, 0.25) is 0 Å². The van der Waals surface area contributed by atoms with Gasteiger partial charge in [0.25, 0.3) is 0 Å². The lowest BCUT2D eigenvalue weighted by atomic mass is 9.68. The van der Waals surface area contributed by atoms with Gasteiger partial charge in [-0.3, -0.25) is 14.4 Å². The fourth-order valence-electron chi connectivity index (χ4n) is 2.93. The van der Waals surface area contributed by atoms with E-state index >= 15 is 0 Å². The van der Waals surface area contributed by atoms with Crippen LogP contribution in [0.4, 0.5) is 0 Å². The summed E-state index contributed by atoms with van der Waals surface area (Å²) in [4.78, 5) is 33.4. The number of carboxylic acid groups (broad SMARTS) is 3. The second-order valence-electron chi connectivity index (χ2n) is 4.19. The molecule has 6 nitrogen and oxygen atoms in total. The van der Waals surface area contributed by atoms with E-state index in [1.165, 1.54) is 6.08 Å². The molecule has 3 atom stereocenters. The van der Waals surface area contributed by atoms with Gasteiger partial charge >= 0.3 is 17.9 Å². The monoisotopic (exact) mass is 226 g/mol. The minimum Gasteiger partial charge on any atom is -0.481 e. The van der Waals surface area contributed by atoms with Crippen LogP contribution in [-0.4, -0.2) is 33.2 Å². The van der Waals surface area contributed by atoms with Gasteiger partial charge in [-0.15, -0.1) is 0 Å². The number of allylic oxidation sites excluding steroid dienone is 2. The summed E-state index contributed by atoms with van der Waals surface area (Å²) in [6.07, 6.45) is 3.40. The van der Waals surface area contributed by atoms with Gasteiger partial charge < -0.3 is 15.3 Å². The molecule has 0 aromatic heterocycles. The Morgan fingerprint density at radius 1 is 1.06 bits per heavy atom. The molecule has 0 aliphatic heterocycles. The first-order valence-corrected chi connectivity index (χ1v) is 4.80. The van der Waals surface area contributed by atoms with Gasteiger partial charge in [-0.2, -0.15) is 0 Å². The van der Waals surface area contributed by atoms with Gasteiger partial charge in [0.1, 0.15) is 0 Å². The van der Waals surface area contributed by atoms with Gasteiger partial charge in [-0.1, -0.05) is 12.2 Å². The van der Waals surface area contributed by atoms with Crippen molar-refractivity contribution in [2.75, 3.05) is 0 Å². The topological polar surface area (TPSA) is 112 Å². The number of hydrogen-bond acceptors (Lipinski definition) is 3. The number of aliphatic carboxylic acids is 3. The Hall–Kier alpha value is -1.85. The van der Waals surface area contributed by atoms with Crippen molar-refractivity contribution < 1.29 is 29.7 Å². The maximum absolute atomic E-state index is 11.2. The zero-order chi connectivity index (χ0) is 12.1. The van der Waals surface area contributed by atoms with Crippen molar-refractivity contribution in [3.63, 3.8) is 0 Å². The molecule has 16 heavy (non-hydrogen) atoms. The molecule has 0 radical (unpaired) electrons. The smallest absolute Gasteiger partial charge is 0.322 e. The molecule has 1 saturated carbocycles. The predicted octanol–water partition coefficient (Wildman–Crippen LogP) is 0.0487. The van der Waals surface area contributed by atoms with E-state index < -0.39 is 41.1 Å². The molecule has 0 aromatic rings. The van der Waals surface area contributed by atoms with Crippen molar-refractivity contribution in [3.05, 3.63) is 12.2 Å². The average Bonchev–Trinajstić information content (AvgIpc) is 2.73. The van der Waals surface area contributed by atoms with E-state index in [4.69, 9.17) is 15.3 Å². The highest BCUT2D eigenvalue weighted by molar-refractivity contribution is 6.04. The van der Waals surface area contributed by atoms with Crippen molar-refractivity contribution in [2.45, 2.75) is 6.42 Å². The van der Waals surface area contributed by atoms with Crippen molar-refractivity contribution in [2.24, 2.45) is 23.2 Å². The Balaban J connectivity index is 2.59. The highest BCUT2D eigenvalue weighted by Gasteiger charge is 2.68. The lowest BCUT2D eigenvalue weighted by molar-refractivity contribution is -0.177. The summed E-state index contributed by atoms with van der Waals surface area (Å²) in [6, 6.07) is 0. The van der Waals surface area contributed by atoms with Crippen LogP contribution < -0.4 is 0 Å². The highest BCUT2D eigenvalue weighted by atomic mass is 16.4. The van der Waals surface area contributed by atoms with Gasteiger partial charge in [0.15, 0.2) is 5.41 Å². The summed E-state index contributed by atoms with van der Waals surface area (Å²) in [5, 5.41) is 27.2. The van der Waals surface area contributed by atoms with E-state index in [-0.39, 0.29) is 6.42 Å². The van der Waals surface area contributed by atoms with Crippen LogP contribution in [-0.2, 0) is 14.4 Å². The van der Waals surface area contributed by atoms with E-state index in [0.717, 1.165) is 0 Å². The molecule has 2 bridgehead atoms. The molecule has 2 rings (SSSR count). The number of carboxylic acids is 3. The first-order chi connectivity index (χ1) is 7.42. The summed E-state index contributed by atoms with van der Waals surface area (Å²) in [5.41, 5.74) is -2.20. The van der Waals surface area contributed by atoms with Gasteiger partial charge in [-0.25, -0.2) is 0 Å². The molecule has 1 fully saturated rings. The highest BCUT2D eigenvalue weighted by Crippen LogP contribution is 2.56. The molecular formula is C10H10O6. The molecular weight excluding hydrogens is 216 g/mol. The van der Waals surface area contributed by atoms with Crippen LogP contribution in [0.25, 0.3) is 0 Å². The maximum Gasteiger partial charge on any atom is 0.322 e. The van der Waals surface area contributed by atoms with Gasteiger partial charge in [0.05, 0.1) is 5.92 Å². The predicted molar refractivity (Wildman–Crippen MR) is 49.6 cm³/mol. The third kappa shape index (κ3) is 0.986. The number of carbonyl (C=O) groups is 3. The summed E-state index contributed by atoms with van der Waals surface area (Å²) >= 11 is 0. The molecule has 3 N–H and O–H groups in total. The normalized spacial score (nSPS) is 33.9. The van der Waals surface area contributed by atoms with Crippen molar-refractivity contribution in [1.82, 2.24) is 0 Å². The molecule has 6 heteroatoms. The van der Waals surface area contributed by atoms with Crippen LogP contribution in [0.15, 0.2) is 12.2 Å². The largest absolute Gasteiger partial charge is 0.481 e. The van der Waals surface area contributed by atoms with E-state index in [9.17, 15) is 14.4 Å². The summed E-state index contributed by atoms with van der Waals surface area (Å²) in [7, 11) is 0. The van der Waals surface area contributed by atoms with E-state index in [1.54, 1.807) is 6.08 Å². The Morgan fingerprint density at radius 2 is 1.62 bits per heavy atom. The molecule has 2 aliphatic carbocycles. The standard InChI is InChI=1S/C10H10O6/c11-7(12)6-4-1-2-5(3-4)10(6,8(13)14)9(15)16/h1-2,4-6H,3H2,(H,11,12)(H,13,14)(H,15,16). The van der Waals surface area contributed by atoms with Crippen LogP contribution in [0, 0.1) is 23.2 Å². The molecule has 0 heterocycles. The average molecular weight is 226 g/mol. The van der Waals surface area contributed by atoms with Crippen molar-refractivity contribution in [1.29, 1.82) is 0 Å².